The molecule has 0 aromatic carbocycles. The number of hydrogen-bond acceptors (Lipinski definition) is 5. The summed E-state index contributed by atoms with van der Waals surface area (Å²) in [5, 5.41) is 21.4. The topological polar surface area (TPSA) is 74.7 Å². The van der Waals surface area contributed by atoms with Crippen LogP contribution in [0, 0.1) is 0 Å². The summed E-state index contributed by atoms with van der Waals surface area (Å²) < 4.78 is 0. The predicted molar refractivity (Wildman–Crippen MR) is 33.0 cm³/mol. The maximum atomic E-state index is 8.97. The largest absolute Gasteiger partial charge is 0.384 e. The van der Waals surface area contributed by atoms with E-state index in [1.54, 1.807) is 0 Å². The molecule has 1 heterocycles. The highest BCUT2D eigenvalue weighted by atomic mass is 32.1. The van der Waals surface area contributed by atoms with Crippen LogP contribution in [-0.4, -0.2) is 31.5 Å². The first kappa shape index (κ1) is 6.50. The Hall–Kier alpha value is -0.620. The average Bonchev–Trinajstić information content (AvgIpc) is 2.37. The van der Waals surface area contributed by atoms with E-state index in [9.17, 15) is 0 Å². The smallest absolute Gasteiger partial charge is 0.178 e. The molecule has 1 atom stereocenters. The summed E-state index contributed by atoms with van der Waals surface area (Å²) in [6.45, 7) is 0. The van der Waals surface area contributed by atoms with Gasteiger partial charge in [0.1, 0.15) is 6.10 Å². The van der Waals surface area contributed by atoms with Crippen molar-refractivity contribution in [2.75, 3.05) is 5.75 Å². The molecule has 0 saturated heterocycles. The molecule has 0 saturated carbocycles. The lowest BCUT2D eigenvalue weighted by Gasteiger charge is -1.97. The van der Waals surface area contributed by atoms with Crippen molar-refractivity contribution in [2.24, 2.45) is 0 Å². The van der Waals surface area contributed by atoms with Crippen molar-refractivity contribution in [3.63, 3.8) is 0 Å². The molecular weight excluding hydrogens is 140 g/mol. The molecule has 0 aliphatic heterocycles. The van der Waals surface area contributed by atoms with E-state index < -0.39 is 6.10 Å². The minimum absolute atomic E-state index is 0.316. The van der Waals surface area contributed by atoms with Crippen LogP contribution < -0.4 is 0 Å². The Balaban J connectivity index is 2.65. The first-order valence-electron chi connectivity index (χ1n) is 2.37. The molecule has 0 radical (unpaired) electrons. The summed E-state index contributed by atoms with van der Waals surface area (Å²) in [6.07, 6.45) is -0.691. The van der Waals surface area contributed by atoms with Crippen LogP contribution in [0.2, 0.25) is 0 Å². The molecule has 0 bridgehead atoms. The highest BCUT2D eigenvalue weighted by molar-refractivity contribution is 7.80. The first-order chi connectivity index (χ1) is 4.34. The van der Waals surface area contributed by atoms with E-state index in [0.29, 0.717) is 11.6 Å². The van der Waals surface area contributed by atoms with E-state index in [2.05, 4.69) is 33.3 Å². The maximum Gasteiger partial charge on any atom is 0.178 e. The zero-order chi connectivity index (χ0) is 6.69. The van der Waals surface area contributed by atoms with Gasteiger partial charge in [-0.2, -0.15) is 12.6 Å². The SMILES string of the molecule is OC(CS)c1nnn[nH]1. The van der Waals surface area contributed by atoms with Crippen LogP contribution in [0.15, 0.2) is 0 Å². The van der Waals surface area contributed by atoms with Gasteiger partial charge in [0.15, 0.2) is 5.82 Å². The molecule has 50 valence electrons. The van der Waals surface area contributed by atoms with Crippen molar-refractivity contribution in [3.8, 4) is 0 Å². The third-order valence-corrected chi connectivity index (χ3v) is 1.20. The van der Waals surface area contributed by atoms with Crippen LogP contribution in [0.1, 0.15) is 11.9 Å². The van der Waals surface area contributed by atoms with Crippen LogP contribution in [0.5, 0.6) is 0 Å². The molecule has 0 aliphatic carbocycles. The number of rotatable bonds is 2. The van der Waals surface area contributed by atoms with Gasteiger partial charge in [-0.05, 0) is 10.4 Å². The van der Waals surface area contributed by atoms with Gasteiger partial charge in [-0.3, -0.25) is 0 Å². The van der Waals surface area contributed by atoms with Crippen LogP contribution in [0.3, 0.4) is 0 Å². The number of hydrogen-bond donors (Lipinski definition) is 3. The summed E-state index contributed by atoms with van der Waals surface area (Å²) in [5.74, 6) is 0.668. The molecule has 2 N–H and O–H groups in total. The van der Waals surface area contributed by atoms with Crippen molar-refractivity contribution < 1.29 is 5.11 Å². The average molecular weight is 146 g/mol. The molecule has 1 rings (SSSR count). The lowest BCUT2D eigenvalue weighted by molar-refractivity contribution is 0.194. The fraction of sp³-hybridized carbons (Fsp3) is 0.667. The van der Waals surface area contributed by atoms with Gasteiger partial charge in [0.2, 0.25) is 0 Å². The van der Waals surface area contributed by atoms with Gasteiger partial charge in [-0.15, -0.1) is 5.10 Å². The zero-order valence-electron chi connectivity index (χ0n) is 4.52. The number of aliphatic hydroxyl groups excluding tert-OH is 1. The van der Waals surface area contributed by atoms with Crippen molar-refractivity contribution in [3.05, 3.63) is 5.82 Å². The Kier molecular flexibility index (Phi) is 2.01. The van der Waals surface area contributed by atoms with Crippen LogP contribution >= 0.6 is 12.6 Å². The molecule has 0 fully saturated rings. The minimum Gasteiger partial charge on any atom is -0.384 e. The Morgan fingerprint density at radius 2 is 2.56 bits per heavy atom. The Labute approximate surface area is 56.9 Å². The number of aromatic amines is 1. The lowest BCUT2D eigenvalue weighted by Crippen LogP contribution is -2.00. The van der Waals surface area contributed by atoms with Crippen molar-refractivity contribution in [1.82, 2.24) is 20.6 Å². The van der Waals surface area contributed by atoms with E-state index in [1.807, 2.05) is 0 Å². The van der Waals surface area contributed by atoms with Gasteiger partial charge in [0.05, 0.1) is 0 Å². The molecule has 0 amide bonds. The van der Waals surface area contributed by atoms with Gasteiger partial charge in [0.25, 0.3) is 0 Å². The second-order valence-electron chi connectivity index (χ2n) is 1.48. The monoisotopic (exact) mass is 146 g/mol. The summed E-state index contributed by atoms with van der Waals surface area (Å²) >= 11 is 3.84. The normalized spacial score (nSPS) is 13.6. The van der Waals surface area contributed by atoms with Gasteiger partial charge in [-0.25, -0.2) is 5.10 Å². The number of tetrazole rings is 1. The molecule has 1 aromatic heterocycles. The molecule has 9 heavy (non-hydrogen) atoms. The van der Waals surface area contributed by atoms with Gasteiger partial charge < -0.3 is 5.11 Å². The van der Waals surface area contributed by atoms with E-state index in [4.69, 9.17) is 5.11 Å². The van der Waals surface area contributed by atoms with Crippen molar-refractivity contribution >= 4 is 12.6 Å². The fourth-order valence-corrected chi connectivity index (χ4v) is 0.567. The maximum absolute atomic E-state index is 8.97. The van der Waals surface area contributed by atoms with E-state index in [1.165, 1.54) is 0 Å². The van der Waals surface area contributed by atoms with Crippen LogP contribution in [0.4, 0.5) is 0 Å². The van der Waals surface area contributed by atoms with Gasteiger partial charge >= 0.3 is 0 Å². The highest BCUT2D eigenvalue weighted by Gasteiger charge is 2.07. The number of H-pyrrole nitrogens is 1. The zero-order valence-corrected chi connectivity index (χ0v) is 5.41. The van der Waals surface area contributed by atoms with Gasteiger partial charge in [-0.1, -0.05) is 0 Å². The highest BCUT2D eigenvalue weighted by Crippen LogP contribution is 2.04. The summed E-state index contributed by atoms with van der Waals surface area (Å²) in [5.41, 5.74) is 0. The minimum atomic E-state index is -0.691. The van der Waals surface area contributed by atoms with Crippen LogP contribution in [-0.2, 0) is 0 Å². The third-order valence-electron chi connectivity index (χ3n) is 0.850. The molecule has 0 aliphatic rings. The number of aliphatic hydroxyl groups is 1. The Bertz CT molecular complexity index is 164. The first-order valence-corrected chi connectivity index (χ1v) is 3.00. The number of nitrogens with one attached hydrogen (secondary N) is 1. The molecule has 6 heteroatoms. The van der Waals surface area contributed by atoms with Crippen LogP contribution in [0.25, 0.3) is 0 Å². The quantitative estimate of drug-likeness (QED) is 0.476. The molecule has 1 aromatic rings. The number of aromatic nitrogens is 4. The molecule has 0 spiro atoms. The lowest BCUT2D eigenvalue weighted by atomic mass is 10.4. The number of nitrogens with zero attached hydrogens (tertiary/aromatic N) is 3. The Morgan fingerprint density at radius 1 is 1.78 bits per heavy atom. The Morgan fingerprint density at radius 3 is 3.00 bits per heavy atom. The van der Waals surface area contributed by atoms with Crippen molar-refractivity contribution in [1.29, 1.82) is 0 Å². The second-order valence-corrected chi connectivity index (χ2v) is 1.85. The van der Waals surface area contributed by atoms with Crippen molar-refractivity contribution in [2.45, 2.75) is 6.10 Å². The predicted octanol–water partition coefficient (Wildman–Crippen LogP) is -0.837. The van der Waals surface area contributed by atoms with E-state index >= 15 is 0 Å². The van der Waals surface area contributed by atoms with Gasteiger partial charge in [0, 0.05) is 5.75 Å². The van der Waals surface area contributed by atoms with E-state index in [0.717, 1.165) is 0 Å². The summed E-state index contributed by atoms with van der Waals surface area (Å²) in [7, 11) is 0. The summed E-state index contributed by atoms with van der Waals surface area (Å²) in [4.78, 5) is 0. The summed E-state index contributed by atoms with van der Waals surface area (Å²) in [6, 6.07) is 0. The van der Waals surface area contributed by atoms with E-state index in [-0.39, 0.29) is 0 Å². The molecular formula is C3H6N4OS. The fourth-order valence-electron chi connectivity index (χ4n) is 0.394. The third kappa shape index (κ3) is 1.39. The number of thiol groups is 1. The second kappa shape index (κ2) is 2.79. The standard InChI is InChI=1S/C3H6N4OS/c8-2(1-9)3-4-6-7-5-3/h2,8-9H,1H2,(H,4,5,6,7). The molecule has 1 unspecified atom stereocenters. The molecule has 5 nitrogen and oxygen atoms in total.